The van der Waals surface area contributed by atoms with Crippen LogP contribution in [0.4, 0.5) is 32.3 Å². The highest BCUT2D eigenvalue weighted by Crippen LogP contribution is 2.55. The van der Waals surface area contributed by atoms with E-state index in [1.165, 1.54) is 18.7 Å². The summed E-state index contributed by atoms with van der Waals surface area (Å²) >= 11 is 7.23. The van der Waals surface area contributed by atoms with E-state index in [1.54, 1.807) is 23.1 Å². The molecular formula is C46H52Br2N2O8. The van der Waals surface area contributed by atoms with E-state index in [9.17, 15) is 24.3 Å². The molecule has 4 aromatic rings. The SMILES string of the molecule is CC(=O)COc1ccc2c(c1)N(C(=O)O)c1ccc(Br)c(C(C)(C)C)c1C2(C)C.CC(=O)COc1ccc2c(c1)N(C(=O)OC(C)(C)C)c1ccc(Br)cc1C2(C)C. The lowest BCUT2D eigenvalue weighted by Crippen LogP contribution is -2.39. The molecule has 0 bridgehead atoms. The number of carbonyl (C=O) groups excluding carboxylic acids is 3. The van der Waals surface area contributed by atoms with Gasteiger partial charge in [-0.2, -0.15) is 0 Å². The van der Waals surface area contributed by atoms with Crippen LogP contribution in [0.5, 0.6) is 11.5 Å². The van der Waals surface area contributed by atoms with E-state index in [-0.39, 0.29) is 35.6 Å². The van der Waals surface area contributed by atoms with E-state index in [0.717, 1.165) is 42.5 Å². The summed E-state index contributed by atoms with van der Waals surface area (Å²) in [5.41, 5.74) is 6.04. The van der Waals surface area contributed by atoms with Crippen LogP contribution in [0.25, 0.3) is 0 Å². The molecule has 0 unspecified atom stereocenters. The highest BCUT2D eigenvalue weighted by Gasteiger charge is 2.43. The van der Waals surface area contributed by atoms with Gasteiger partial charge < -0.3 is 19.3 Å². The van der Waals surface area contributed by atoms with Crippen molar-refractivity contribution in [1.82, 2.24) is 0 Å². The molecule has 4 aromatic carbocycles. The van der Waals surface area contributed by atoms with Crippen molar-refractivity contribution >= 4 is 78.4 Å². The van der Waals surface area contributed by atoms with E-state index in [2.05, 4.69) is 80.3 Å². The molecule has 0 aromatic heterocycles. The molecule has 6 rings (SSSR count). The number of amides is 2. The lowest BCUT2D eigenvalue weighted by atomic mass is 9.68. The van der Waals surface area contributed by atoms with Gasteiger partial charge >= 0.3 is 12.2 Å². The maximum absolute atomic E-state index is 13.2. The second-order valence-electron chi connectivity index (χ2n) is 17.8. The van der Waals surface area contributed by atoms with Gasteiger partial charge in [-0.25, -0.2) is 19.4 Å². The largest absolute Gasteiger partial charge is 0.486 e. The van der Waals surface area contributed by atoms with E-state index in [1.807, 2.05) is 69.3 Å². The predicted octanol–water partition coefficient (Wildman–Crippen LogP) is 12.3. The number of hydrogen-bond donors (Lipinski definition) is 1. The number of hydrogen-bond acceptors (Lipinski definition) is 7. The van der Waals surface area contributed by atoms with Gasteiger partial charge in [-0.05, 0) is 110 Å². The van der Waals surface area contributed by atoms with Crippen LogP contribution in [0.3, 0.4) is 0 Å². The Labute approximate surface area is 358 Å². The van der Waals surface area contributed by atoms with E-state index in [0.29, 0.717) is 28.6 Å². The second kappa shape index (κ2) is 16.2. The number of anilines is 4. The van der Waals surface area contributed by atoms with E-state index < -0.39 is 23.2 Å². The second-order valence-corrected chi connectivity index (χ2v) is 19.5. The minimum absolute atomic E-state index is 0.0157. The van der Waals surface area contributed by atoms with Crippen molar-refractivity contribution in [3.63, 3.8) is 0 Å². The third kappa shape index (κ3) is 8.98. The molecule has 0 saturated heterocycles. The van der Waals surface area contributed by atoms with Gasteiger partial charge in [-0.15, -0.1) is 0 Å². The Morgan fingerprint density at radius 3 is 1.62 bits per heavy atom. The highest BCUT2D eigenvalue weighted by molar-refractivity contribution is 9.10. The minimum Gasteiger partial charge on any atom is -0.486 e. The Kier molecular flexibility index (Phi) is 12.4. The number of benzene rings is 4. The van der Waals surface area contributed by atoms with Gasteiger partial charge in [0.05, 0.1) is 22.7 Å². The fourth-order valence-corrected chi connectivity index (χ4v) is 8.86. The first-order valence-electron chi connectivity index (χ1n) is 19.0. The summed E-state index contributed by atoms with van der Waals surface area (Å²) in [6, 6.07) is 20.6. The maximum atomic E-state index is 13.2. The summed E-state index contributed by atoms with van der Waals surface area (Å²) < 4.78 is 18.8. The van der Waals surface area contributed by atoms with Crippen LogP contribution in [0.1, 0.15) is 111 Å². The molecule has 1 N–H and O–H groups in total. The van der Waals surface area contributed by atoms with Crippen LogP contribution < -0.4 is 19.3 Å². The molecular weight excluding hydrogens is 868 g/mol. The molecule has 0 radical (unpaired) electrons. The van der Waals surface area contributed by atoms with Crippen molar-refractivity contribution in [2.45, 2.75) is 105 Å². The number of carbonyl (C=O) groups is 4. The number of fused-ring (bicyclic) bond motifs is 4. The summed E-state index contributed by atoms with van der Waals surface area (Å²) in [5, 5.41) is 10.1. The number of ketones is 2. The number of nitrogens with zero attached hydrogens (tertiary/aromatic N) is 2. The van der Waals surface area contributed by atoms with Crippen molar-refractivity contribution < 1.29 is 38.5 Å². The average Bonchev–Trinajstić information content (AvgIpc) is 3.09. The van der Waals surface area contributed by atoms with Crippen LogP contribution in [0.2, 0.25) is 0 Å². The van der Waals surface area contributed by atoms with E-state index >= 15 is 0 Å². The summed E-state index contributed by atoms with van der Waals surface area (Å²) in [4.78, 5) is 51.0. The predicted molar refractivity (Wildman–Crippen MR) is 235 cm³/mol. The molecule has 2 amide bonds. The van der Waals surface area contributed by atoms with Gasteiger partial charge in [-0.3, -0.25) is 9.59 Å². The number of halogens is 2. The summed E-state index contributed by atoms with van der Waals surface area (Å²) in [6.07, 6.45) is -1.52. The van der Waals surface area contributed by atoms with Crippen molar-refractivity contribution in [1.29, 1.82) is 0 Å². The molecule has 0 atom stereocenters. The minimum atomic E-state index is -1.06. The molecule has 10 nitrogen and oxygen atoms in total. The van der Waals surface area contributed by atoms with Gasteiger partial charge in [0.2, 0.25) is 0 Å². The number of carboxylic acid groups (broad SMARTS) is 1. The topological polar surface area (TPSA) is 123 Å². The van der Waals surface area contributed by atoms with Gasteiger partial charge in [0.25, 0.3) is 0 Å². The van der Waals surface area contributed by atoms with Crippen LogP contribution in [-0.4, -0.2) is 47.7 Å². The van der Waals surface area contributed by atoms with Gasteiger partial charge in [-0.1, -0.05) is 92.5 Å². The zero-order chi connectivity index (χ0) is 43.3. The molecule has 2 aliphatic heterocycles. The zero-order valence-corrected chi connectivity index (χ0v) is 38.4. The van der Waals surface area contributed by atoms with Crippen molar-refractivity contribution in [2.75, 3.05) is 23.0 Å². The quantitative estimate of drug-likeness (QED) is 0.203. The summed E-state index contributed by atoms with van der Waals surface area (Å²) in [6.45, 7) is 23.2. The van der Waals surface area contributed by atoms with Crippen molar-refractivity contribution in [3.05, 3.63) is 103 Å². The molecule has 2 aliphatic rings. The monoisotopic (exact) mass is 918 g/mol. The smallest absolute Gasteiger partial charge is 0.419 e. The van der Waals surface area contributed by atoms with Crippen molar-refractivity contribution in [3.8, 4) is 11.5 Å². The van der Waals surface area contributed by atoms with Crippen molar-refractivity contribution in [2.24, 2.45) is 0 Å². The Hall–Kier alpha value is -4.68. The third-order valence-corrected chi connectivity index (χ3v) is 11.2. The first-order valence-corrected chi connectivity index (χ1v) is 20.6. The number of rotatable bonds is 6. The Morgan fingerprint density at radius 2 is 1.14 bits per heavy atom. The van der Waals surface area contributed by atoms with Crippen LogP contribution in [0, 0.1) is 0 Å². The van der Waals surface area contributed by atoms with E-state index in [4.69, 9.17) is 14.2 Å². The zero-order valence-electron chi connectivity index (χ0n) is 35.2. The molecule has 2 heterocycles. The third-order valence-electron chi connectivity index (χ3n) is 10.0. The first-order chi connectivity index (χ1) is 26.7. The maximum Gasteiger partial charge on any atom is 0.419 e. The summed E-state index contributed by atoms with van der Waals surface area (Å²) in [5.74, 6) is 0.840. The number of Topliss-reactive ketones (excluding diaryl/α,β-unsaturated/α-hetero) is 2. The molecule has 0 fully saturated rings. The fraction of sp³-hybridized carbons (Fsp3) is 0.391. The van der Waals surface area contributed by atoms with Crippen LogP contribution in [0.15, 0.2) is 75.7 Å². The lowest BCUT2D eigenvalue weighted by molar-refractivity contribution is -0.119. The number of ether oxygens (including phenoxy) is 3. The summed E-state index contributed by atoms with van der Waals surface area (Å²) in [7, 11) is 0. The molecule has 58 heavy (non-hydrogen) atoms. The molecule has 0 saturated carbocycles. The molecule has 0 aliphatic carbocycles. The molecule has 308 valence electrons. The highest BCUT2D eigenvalue weighted by atomic mass is 79.9. The molecule has 12 heteroatoms. The normalized spacial score (nSPS) is 14.7. The fourth-order valence-electron chi connectivity index (χ4n) is 7.57. The lowest BCUT2D eigenvalue weighted by Gasteiger charge is -2.43. The average molecular weight is 921 g/mol. The first kappa shape index (κ1) is 44.4. The van der Waals surface area contributed by atoms with Gasteiger partial charge in [0, 0.05) is 31.9 Å². The standard InChI is InChI=1S/2C23H26BrNO4/c1-14(26)13-28-16-8-9-17-20(12-16)25(21(27)29-22(2,3)4)19-10-7-15(24)11-18(19)23(17,5)6;1-13(26)12-29-14-7-8-15-18(11-14)25(21(27)28)17-10-9-16(24)19(22(2,3)4)20(17)23(15,5)6/h7-12H,13H2,1-6H3;7-11H,12H2,1-6H3,(H,27,28). The van der Waals surface area contributed by atoms with Crippen LogP contribution in [-0.2, 0) is 30.6 Å². The Morgan fingerprint density at radius 1 is 0.638 bits per heavy atom. The van der Waals surface area contributed by atoms with Crippen LogP contribution >= 0.6 is 31.9 Å². The van der Waals surface area contributed by atoms with Gasteiger partial charge in [0.15, 0.2) is 11.6 Å². The Balaban J connectivity index is 0.000000221. The van der Waals surface area contributed by atoms with Gasteiger partial charge in [0.1, 0.15) is 30.3 Å². The molecule has 0 spiro atoms. The Bertz CT molecular complexity index is 2300.